The molecule has 2 aromatic heterocycles. The normalized spacial score (nSPS) is 14.3. The van der Waals surface area contributed by atoms with Gasteiger partial charge in [0.05, 0.1) is 12.1 Å². The van der Waals surface area contributed by atoms with Crippen molar-refractivity contribution < 1.29 is 9.21 Å². The van der Waals surface area contributed by atoms with Crippen LogP contribution in [-0.2, 0) is 24.4 Å². The maximum Gasteiger partial charge on any atom is 0.249 e. The van der Waals surface area contributed by atoms with Crippen molar-refractivity contribution in [3.8, 4) is 11.5 Å². The second kappa shape index (κ2) is 8.96. The summed E-state index contributed by atoms with van der Waals surface area (Å²) in [4.78, 5) is 17.0. The second-order valence-electron chi connectivity index (χ2n) is 8.41. The van der Waals surface area contributed by atoms with E-state index < -0.39 is 0 Å². The lowest BCUT2D eigenvalue weighted by Crippen LogP contribution is -2.29. The van der Waals surface area contributed by atoms with E-state index in [-0.39, 0.29) is 12.5 Å². The van der Waals surface area contributed by atoms with Crippen LogP contribution in [0.2, 0.25) is 0 Å². The molecule has 7 nitrogen and oxygen atoms in total. The lowest BCUT2D eigenvalue weighted by Gasteiger charge is -2.18. The fraction of sp³-hybridized carbons (Fsp3) is 0.320. The van der Waals surface area contributed by atoms with Crippen molar-refractivity contribution in [3.05, 3.63) is 72.2 Å². The topological polar surface area (TPSA) is 67.4 Å². The highest BCUT2D eigenvalue weighted by molar-refractivity contribution is 5.94. The first-order chi connectivity index (χ1) is 15.7. The molecule has 1 saturated heterocycles. The summed E-state index contributed by atoms with van der Waals surface area (Å²) in [5.74, 6) is 1.18. The molecule has 4 aromatic rings. The first-order valence-corrected chi connectivity index (χ1v) is 11.1. The minimum absolute atomic E-state index is 0.0430. The van der Waals surface area contributed by atoms with Crippen LogP contribution in [0.3, 0.4) is 0 Å². The molecule has 2 aromatic carbocycles. The van der Waals surface area contributed by atoms with Gasteiger partial charge < -0.3 is 13.9 Å². The molecule has 1 aliphatic rings. The maximum absolute atomic E-state index is 13.0. The van der Waals surface area contributed by atoms with Crippen LogP contribution in [0.1, 0.15) is 24.3 Å². The Balaban J connectivity index is 1.37. The number of rotatable bonds is 7. The van der Waals surface area contributed by atoms with Gasteiger partial charge >= 0.3 is 0 Å². The van der Waals surface area contributed by atoms with Crippen molar-refractivity contribution in [2.75, 3.05) is 20.1 Å². The number of nitrogens with zero attached hydrogens (tertiary/aromatic N) is 5. The van der Waals surface area contributed by atoms with Gasteiger partial charge in [-0.05, 0) is 37.6 Å². The number of aromatic nitrogens is 3. The van der Waals surface area contributed by atoms with Gasteiger partial charge in [0, 0.05) is 30.7 Å². The van der Waals surface area contributed by atoms with Crippen molar-refractivity contribution in [2.24, 2.45) is 0 Å². The van der Waals surface area contributed by atoms with Crippen LogP contribution >= 0.6 is 0 Å². The van der Waals surface area contributed by atoms with E-state index in [9.17, 15) is 4.79 Å². The molecule has 0 bridgehead atoms. The summed E-state index contributed by atoms with van der Waals surface area (Å²) in [6, 6.07) is 18.0. The second-order valence-corrected chi connectivity index (χ2v) is 8.41. The molecule has 0 saturated carbocycles. The Kier molecular flexibility index (Phi) is 5.73. The largest absolute Gasteiger partial charge is 0.419 e. The van der Waals surface area contributed by atoms with Crippen LogP contribution < -0.4 is 0 Å². The first kappa shape index (κ1) is 20.5. The van der Waals surface area contributed by atoms with Crippen LogP contribution in [0, 0.1) is 0 Å². The Hall–Kier alpha value is -3.45. The number of carbonyl (C=O) groups is 1. The Morgan fingerprint density at radius 2 is 1.78 bits per heavy atom. The average molecular weight is 430 g/mol. The molecular weight excluding hydrogens is 402 g/mol. The summed E-state index contributed by atoms with van der Waals surface area (Å²) < 4.78 is 7.98. The smallest absolute Gasteiger partial charge is 0.249 e. The standard InChI is InChI=1S/C25H27N5O2/c1-28(15-19-9-3-2-4-10-19)24(31)18-30-16-21(20-11-5-6-12-22(20)30)25-27-26-23(32-25)17-29-13-7-8-14-29/h2-6,9-12,16H,7-8,13-15,17-18H2,1H3. The summed E-state index contributed by atoms with van der Waals surface area (Å²) in [7, 11) is 1.84. The van der Waals surface area contributed by atoms with Crippen LogP contribution in [-0.4, -0.2) is 50.6 Å². The number of fused-ring (bicyclic) bond motifs is 1. The molecule has 1 fully saturated rings. The van der Waals surface area contributed by atoms with Gasteiger partial charge in [0.15, 0.2) is 0 Å². The summed E-state index contributed by atoms with van der Waals surface area (Å²) in [6.07, 6.45) is 4.40. The van der Waals surface area contributed by atoms with E-state index in [0.717, 1.165) is 35.1 Å². The Morgan fingerprint density at radius 3 is 2.59 bits per heavy atom. The molecule has 164 valence electrons. The van der Waals surface area contributed by atoms with Crippen LogP contribution in [0.5, 0.6) is 0 Å². The third kappa shape index (κ3) is 4.29. The predicted molar refractivity (Wildman–Crippen MR) is 123 cm³/mol. The molecule has 0 unspecified atom stereocenters. The highest BCUT2D eigenvalue weighted by atomic mass is 16.4. The fourth-order valence-corrected chi connectivity index (χ4v) is 4.32. The third-order valence-electron chi connectivity index (χ3n) is 6.04. The predicted octanol–water partition coefficient (Wildman–Crippen LogP) is 3.95. The van der Waals surface area contributed by atoms with Gasteiger partial charge in [-0.3, -0.25) is 9.69 Å². The number of likely N-dealkylation sites (N-methyl/N-ethyl adjacent to an activating group) is 1. The van der Waals surface area contributed by atoms with E-state index in [0.29, 0.717) is 24.9 Å². The quantitative estimate of drug-likeness (QED) is 0.445. The van der Waals surface area contributed by atoms with Crippen molar-refractivity contribution >= 4 is 16.8 Å². The molecule has 1 amide bonds. The molecule has 0 radical (unpaired) electrons. The Morgan fingerprint density at radius 1 is 1.03 bits per heavy atom. The molecule has 0 atom stereocenters. The zero-order chi connectivity index (χ0) is 21.9. The van der Waals surface area contributed by atoms with E-state index in [1.807, 2.05) is 72.4 Å². The van der Waals surface area contributed by atoms with E-state index in [2.05, 4.69) is 15.1 Å². The Bertz CT molecular complexity index is 1210. The summed E-state index contributed by atoms with van der Waals surface area (Å²) in [5, 5.41) is 9.58. The number of hydrogen-bond acceptors (Lipinski definition) is 5. The van der Waals surface area contributed by atoms with Crippen molar-refractivity contribution in [1.29, 1.82) is 0 Å². The van der Waals surface area contributed by atoms with Gasteiger partial charge in [-0.25, -0.2) is 0 Å². The molecule has 32 heavy (non-hydrogen) atoms. The maximum atomic E-state index is 13.0. The number of amides is 1. The van der Waals surface area contributed by atoms with Crippen LogP contribution in [0.4, 0.5) is 0 Å². The van der Waals surface area contributed by atoms with E-state index in [1.54, 1.807) is 4.90 Å². The monoisotopic (exact) mass is 429 g/mol. The lowest BCUT2D eigenvalue weighted by atomic mass is 10.2. The number of likely N-dealkylation sites (tertiary alicyclic amines) is 1. The number of hydrogen-bond donors (Lipinski definition) is 0. The van der Waals surface area contributed by atoms with Crippen molar-refractivity contribution in [1.82, 2.24) is 24.6 Å². The van der Waals surface area contributed by atoms with E-state index >= 15 is 0 Å². The highest BCUT2D eigenvalue weighted by Crippen LogP contribution is 2.30. The van der Waals surface area contributed by atoms with Crippen LogP contribution in [0.25, 0.3) is 22.4 Å². The van der Waals surface area contributed by atoms with Gasteiger partial charge in [-0.1, -0.05) is 48.5 Å². The van der Waals surface area contributed by atoms with Crippen LogP contribution in [0.15, 0.2) is 65.2 Å². The SMILES string of the molecule is CN(Cc1ccccc1)C(=O)Cn1cc(-c2nnc(CN3CCCC3)o2)c2ccccc21. The molecule has 0 N–H and O–H groups in total. The highest BCUT2D eigenvalue weighted by Gasteiger charge is 2.20. The van der Waals surface area contributed by atoms with Crippen molar-refractivity contribution in [3.63, 3.8) is 0 Å². The summed E-state index contributed by atoms with van der Waals surface area (Å²) >= 11 is 0. The molecule has 0 aliphatic carbocycles. The van der Waals surface area contributed by atoms with E-state index in [1.165, 1.54) is 12.8 Å². The number of carbonyl (C=O) groups excluding carboxylic acids is 1. The van der Waals surface area contributed by atoms with Gasteiger partial charge in [-0.15, -0.1) is 10.2 Å². The molecule has 0 spiro atoms. The number of para-hydroxylation sites is 1. The van der Waals surface area contributed by atoms with Gasteiger partial charge in [0.2, 0.25) is 17.7 Å². The molecule has 3 heterocycles. The third-order valence-corrected chi connectivity index (χ3v) is 6.04. The Labute approximate surface area is 187 Å². The van der Waals surface area contributed by atoms with E-state index in [4.69, 9.17) is 4.42 Å². The van der Waals surface area contributed by atoms with Gasteiger partial charge in [-0.2, -0.15) is 0 Å². The molecule has 5 rings (SSSR count). The lowest BCUT2D eigenvalue weighted by molar-refractivity contribution is -0.131. The summed E-state index contributed by atoms with van der Waals surface area (Å²) in [5.41, 5.74) is 2.94. The number of benzene rings is 2. The molecule has 1 aliphatic heterocycles. The van der Waals surface area contributed by atoms with Gasteiger partial charge in [0.25, 0.3) is 0 Å². The minimum Gasteiger partial charge on any atom is -0.419 e. The average Bonchev–Trinajstić information content (AvgIpc) is 3.56. The fourth-order valence-electron chi connectivity index (χ4n) is 4.32. The van der Waals surface area contributed by atoms with Crippen molar-refractivity contribution in [2.45, 2.75) is 32.5 Å². The summed E-state index contributed by atoms with van der Waals surface area (Å²) in [6.45, 7) is 3.67. The minimum atomic E-state index is 0.0430. The van der Waals surface area contributed by atoms with Gasteiger partial charge in [0.1, 0.15) is 6.54 Å². The molecule has 7 heteroatoms. The zero-order valence-electron chi connectivity index (χ0n) is 18.3. The zero-order valence-corrected chi connectivity index (χ0v) is 18.3. The first-order valence-electron chi connectivity index (χ1n) is 11.1. The molecular formula is C25H27N5O2.